The number of ether oxygens (including phenoxy) is 1. The van der Waals surface area contributed by atoms with Crippen molar-refractivity contribution >= 4 is 35.1 Å². The molecule has 0 fully saturated rings. The van der Waals surface area contributed by atoms with Crippen LogP contribution in [0.5, 0.6) is 0 Å². The topological polar surface area (TPSA) is 114 Å². The summed E-state index contributed by atoms with van der Waals surface area (Å²) in [7, 11) is 0. The predicted molar refractivity (Wildman–Crippen MR) is 91.3 cm³/mol. The lowest BCUT2D eigenvalue weighted by Crippen LogP contribution is -2.44. The third kappa shape index (κ3) is 7.46. The standard InChI is InChI=1S/C15H21N3O4S/c1-15(2,3)22-14(21)18-11(12(19)20)8-9-5-4-6-10(7-9)17-13(16)23/h4-7,11H,8H2,1-3H3,(H,18,21)(H,19,20)(H3,16,17,23)/t11-/m0/s1. The molecule has 23 heavy (non-hydrogen) atoms. The summed E-state index contributed by atoms with van der Waals surface area (Å²) in [5, 5.41) is 14.5. The number of alkyl carbamates (subject to hydrolysis) is 1. The molecule has 7 nitrogen and oxygen atoms in total. The van der Waals surface area contributed by atoms with Crippen LogP contribution in [0.25, 0.3) is 0 Å². The van der Waals surface area contributed by atoms with E-state index in [0.29, 0.717) is 11.3 Å². The van der Waals surface area contributed by atoms with E-state index in [4.69, 9.17) is 22.7 Å². The number of carboxylic acid groups (broad SMARTS) is 1. The molecule has 0 saturated carbocycles. The molecule has 5 N–H and O–H groups in total. The minimum absolute atomic E-state index is 0.0986. The monoisotopic (exact) mass is 339 g/mol. The molecule has 0 radical (unpaired) electrons. The van der Waals surface area contributed by atoms with E-state index >= 15 is 0 Å². The summed E-state index contributed by atoms with van der Waals surface area (Å²) in [5.41, 5.74) is 6.05. The van der Waals surface area contributed by atoms with Crippen LogP contribution in [0.3, 0.4) is 0 Å². The summed E-state index contributed by atoms with van der Waals surface area (Å²) >= 11 is 4.76. The predicted octanol–water partition coefficient (Wildman–Crippen LogP) is 1.86. The average Bonchev–Trinajstić information content (AvgIpc) is 2.35. The summed E-state index contributed by atoms with van der Waals surface area (Å²) < 4.78 is 5.07. The number of anilines is 1. The minimum Gasteiger partial charge on any atom is -0.480 e. The quantitative estimate of drug-likeness (QED) is 0.605. The molecule has 0 aliphatic carbocycles. The highest BCUT2D eigenvalue weighted by atomic mass is 32.1. The van der Waals surface area contributed by atoms with Crippen LogP contribution in [0.1, 0.15) is 26.3 Å². The zero-order valence-electron chi connectivity index (χ0n) is 13.3. The lowest BCUT2D eigenvalue weighted by Gasteiger charge is -2.22. The van der Waals surface area contributed by atoms with Crippen molar-refractivity contribution in [1.82, 2.24) is 5.32 Å². The zero-order chi connectivity index (χ0) is 17.6. The van der Waals surface area contributed by atoms with Gasteiger partial charge in [0.05, 0.1) is 0 Å². The molecule has 0 heterocycles. The Kier molecular flexibility index (Phi) is 6.32. The first kappa shape index (κ1) is 18.7. The van der Waals surface area contributed by atoms with E-state index in [-0.39, 0.29) is 11.5 Å². The van der Waals surface area contributed by atoms with Crippen LogP contribution in [0.2, 0.25) is 0 Å². The second kappa shape index (κ2) is 7.77. The first-order chi connectivity index (χ1) is 10.6. The lowest BCUT2D eigenvalue weighted by atomic mass is 10.1. The number of aliphatic carboxylic acids is 1. The van der Waals surface area contributed by atoms with E-state index in [1.54, 1.807) is 45.0 Å². The van der Waals surface area contributed by atoms with Gasteiger partial charge in [-0.1, -0.05) is 12.1 Å². The molecule has 126 valence electrons. The number of carbonyl (C=O) groups excluding carboxylic acids is 1. The first-order valence-electron chi connectivity index (χ1n) is 6.94. The largest absolute Gasteiger partial charge is 0.480 e. The lowest BCUT2D eigenvalue weighted by molar-refractivity contribution is -0.139. The van der Waals surface area contributed by atoms with Crippen molar-refractivity contribution in [3.05, 3.63) is 29.8 Å². The number of rotatable bonds is 5. The third-order valence-corrected chi connectivity index (χ3v) is 2.73. The van der Waals surface area contributed by atoms with Crippen molar-refractivity contribution in [3.8, 4) is 0 Å². The van der Waals surface area contributed by atoms with Crippen LogP contribution < -0.4 is 16.4 Å². The Hall–Kier alpha value is -2.35. The molecule has 0 aromatic heterocycles. The Labute approximate surface area is 140 Å². The van der Waals surface area contributed by atoms with Crippen LogP contribution >= 0.6 is 12.2 Å². The maximum Gasteiger partial charge on any atom is 0.408 e. The maximum absolute atomic E-state index is 11.7. The summed E-state index contributed by atoms with van der Waals surface area (Å²) in [5.74, 6) is -1.15. The van der Waals surface area contributed by atoms with Crippen molar-refractivity contribution < 1.29 is 19.4 Å². The minimum atomic E-state index is -1.15. The average molecular weight is 339 g/mol. The number of benzene rings is 1. The summed E-state index contributed by atoms with van der Waals surface area (Å²) in [4.78, 5) is 23.1. The summed E-state index contributed by atoms with van der Waals surface area (Å²) in [6.45, 7) is 5.10. The van der Waals surface area contributed by atoms with E-state index in [1.165, 1.54) is 0 Å². The molecule has 1 amide bonds. The van der Waals surface area contributed by atoms with Gasteiger partial charge in [-0.25, -0.2) is 9.59 Å². The van der Waals surface area contributed by atoms with Crippen molar-refractivity contribution in [2.45, 2.75) is 38.8 Å². The highest BCUT2D eigenvalue weighted by molar-refractivity contribution is 7.80. The Morgan fingerprint density at radius 2 is 2.04 bits per heavy atom. The third-order valence-electron chi connectivity index (χ3n) is 2.62. The van der Waals surface area contributed by atoms with E-state index in [9.17, 15) is 14.7 Å². The van der Waals surface area contributed by atoms with Crippen LogP contribution in [0, 0.1) is 0 Å². The van der Waals surface area contributed by atoms with Gasteiger partial charge < -0.3 is 26.2 Å². The Bertz CT molecular complexity index is 599. The van der Waals surface area contributed by atoms with Crippen molar-refractivity contribution in [1.29, 1.82) is 0 Å². The van der Waals surface area contributed by atoms with Gasteiger partial charge in [-0.15, -0.1) is 0 Å². The molecule has 1 atom stereocenters. The number of amides is 1. The number of carboxylic acids is 1. The molecule has 8 heteroatoms. The number of thiocarbonyl (C=S) groups is 1. The SMILES string of the molecule is CC(C)(C)OC(=O)N[C@@H](Cc1cccc(NC(N)=S)c1)C(=O)O. The maximum atomic E-state index is 11.7. The van der Waals surface area contributed by atoms with Crippen LogP contribution in [0.15, 0.2) is 24.3 Å². The number of carbonyl (C=O) groups is 2. The van der Waals surface area contributed by atoms with Gasteiger partial charge in [0.25, 0.3) is 0 Å². The van der Waals surface area contributed by atoms with Crippen LogP contribution in [-0.4, -0.2) is 33.9 Å². The Balaban J connectivity index is 2.78. The molecule has 0 bridgehead atoms. The second-order valence-corrected chi connectivity index (χ2v) is 6.37. The highest BCUT2D eigenvalue weighted by Crippen LogP contribution is 2.13. The van der Waals surface area contributed by atoms with Gasteiger partial charge in [0, 0.05) is 12.1 Å². The van der Waals surface area contributed by atoms with Crippen molar-refractivity contribution in [2.75, 3.05) is 5.32 Å². The molecule has 0 aliphatic rings. The van der Waals surface area contributed by atoms with Gasteiger partial charge >= 0.3 is 12.1 Å². The van der Waals surface area contributed by atoms with E-state index < -0.39 is 23.7 Å². The van der Waals surface area contributed by atoms with Gasteiger partial charge in [0.2, 0.25) is 0 Å². The fourth-order valence-electron chi connectivity index (χ4n) is 1.80. The van der Waals surface area contributed by atoms with E-state index in [1.807, 2.05) is 0 Å². The van der Waals surface area contributed by atoms with Crippen LogP contribution in [0.4, 0.5) is 10.5 Å². The van der Waals surface area contributed by atoms with Gasteiger partial charge in [-0.3, -0.25) is 0 Å². The van der Waals surface area contributed by atoms with Crippen LogP contribution in [-0.2, 0) is 16.0 Å². The number of nitrogens with two attached hydrogens (primary N) is 1. The Morgan fingerprint density at radius 3 is 2.57 bits per heavy atom. The molecular formula is C15H21N3O4S. The fourth-order valence-corrected chi connectivity index (χ4v) is 1.92. The highest BCUT2D eigenvalue weighted by Gasteiger charge is 2.24. The number of nitrogens with one attached hydrogen (secondary N) is 2. The van der Waals surface area contributed by atoms with Crippen molar-refractivity contribution in [2.24, 2.45) is 5.73 Å². The molecule has 0 unspecified atom stereocenters. The smallest absolute Gasteiger partial charge is 0.408 e. The summed E-state index contributed by atoms with van der Waals surface area (Å²) in [6, 6.07) is 5.84. The molecule has 0 saturated heterocycles. The molecule has 1 rings (SSSR count). The van der Waals surface area contributed by atoms with E-state index in [2.05, 4.69) is 10.6 Å². The van der Waals surface area contributed by atoms with E-state index in [0.717, 1.165) is 0 Å². The normalized spacial score (nSPS) is 12.1. The first-order valence-corrected chi connectivity index (χ1v) is 7.35. The number of hydrogen-bond acceptors (Lipinski definition) is 4. The van der Waals surface area contributed by atoms with Gasteiger partial charge in [0.15, 0.2) is 5.11 Å². The number of hydrogen-bond donors (Lipinski definition) is 4. The van der Waals surface area contributed by atoms with Crippen molar-refractivity contribution in [3.63, 3.8) is 0 Å². The van der Waals surface area contributed by atoms with Gasteiger partial charge in [-0.05, 0) is 50.7 Å². The molecular weight excluding hydrogens is 318 g/mol. The van der Waals surface area contributed by atoms with Gasteiger partial charge in [-0.2, -0.15) is 0 Å². The fraction of sp³-hybridized carbons (Fsp3) is 0.400. The summed E-state index contributed by atoms with van der Waals surface area (Å²) in [6.07, 6.45) is -0.677. The molecule has 1 aromatic rings. The molecule has 0 spiro atoms. The zero-order valence-corrected chi connectivity index (χ0v) is 14.1. The molecule has 1 aromatic carbocycles. The Morgan fingerprint density at radius 1 is 1.39 bits per heavy atom. The molecule has 0 aliphatic heterocycles. The second-order valence-electron chi connectivity index (χ2n) is 5.93. The van der Waals surface area contributed by atoms with Gasteiger partial charge in [0.1, 0.15) is 11.6 Å².